The molecule has 7 nitrogen and oxygen atoms in total. The highest BCUT2D eigenvalue weighted by atomic mass is 15.2. The maximum Gasteiger partial charge on any atom is 0.225 e. The summed E-state index contributed by atoms with van der Waals surface area (Å²) in [6.07, 6.45) is 7.90. The minimum atomic E-state index is 0.560. The van der Waals surface area contributed by atoms with Gasteiger partial charge in [0, 0.05) is 30.3 Å². The smallest absolute Gasteiger partial charge is 0.225 e. The summed E-state index contributed by atoms with van der Waals surface area (Å²) in [4.78, 5) is 9.59. The summed E-state index contributed by atoms with van der Waals surface area (Å²) in [7, 11) is 0. The van der Waals surface area contributed by atoms with E-state index >= 15 is 0 Å². The molecule has 3 heterocycles. The SMILES string of the molecule is C1Cc2[nH]nc(CNc3nc(NC4CC4)nc4c3CCNCC4)c2C1. The van der Waals surface area contributed by atoms with E-state index in [2.05, 4.69) is 26.1 Å². The second-order valence-electron chi connectivity index (χ2n) is 7.32. The van der Waals surface area contributed by atoms with Gasteiger partial charge in [0.2, 0.25) is 5.95 Å². The first kappa shape index (κ1) is 15.1. The van der Waals surface area contributed by atoms with E-state index < -0.39 is 0 Å². The Morgan fingerprint density at radius 1 is 1.00 bits per heavy atom. The first-order valence-corrected chi connectivity index (χ1v) is 9.53. The Morgan fingerprint density at radius 3 is 2.84 bits per heavy atom. The van der Waals surface area contributed by atoms with Gasteiger partial charge in [-0.3, -0.25) is 5.10 Å². The Balaban J connectivity index is 1.41. The van der Waals surface area contributed by atoms with E-state index in [1.165, 1.54) is 41.8 Å². The number of nitrogens with zero attached hydrogens (tertiary/aromatic N) is 3. The lowest BCUT2D eigenvalue weighted by atomic mass is 10.1. The molecule has 3 aliphatic rings. The molecule has 0 bridgehead atoms. The Morgan fingerprint density at radius 2 is 1.92 bits per heavy atom. The largest absolute Gasteiger partial charge is 0.364 e. The standard InChI is InChI=1S/C18H25N7/c1-2-12-15(3-1)24-25-16(12)10-20-17-13-6-8-19-9-7-14(13)22-18(23-17)21-11-4-5-11/h11,19H,1-10H2,(H,24,25)(H2,20,21,22,23). The zero-order chi connectivity index (χ0) is 16.6. The van der Waals surface area contributed by atoms with Crippen molar-refractivity contribution in [3.8, 4) is 0 Å². The molecule has 25 heavy (non-hydrogen) atoms. The molecule has 0 unspecified atom stereocenters. The molecule has 0 aromatic carbocycles. The second-order valence-corrected chi connectivity index (χ2v) is 7.32. The molecule has 0 radical (unpaired) electrons. The van der Waals surface area contributed by atoms with Crippen molar-refractivity contribution in [3.05, 3.63) is 28.2 Å². The average molecular weight is 339 g/mol. The summed E-state index contributed by atoms with van der Waals surface area (Å²) in [6, 6.07) is 0.560. The van der Waals surface area contributed by atoms with Gasteiger partial charge in [0.25, 0.3) is 0 Å². The summed E-state index contributed by atoms with van der Waals surface area (Å²) < 4.78 is 0. The molecular formula is C18H25N7. The zero-order valence-electron chi connectivity index (χ0n) is 14.5. The van der Waals surface area contributed by atoms with Crippen LogP contribution in [0, 0.1) is 0 Å². The molecule has 1 fully saturated rings. The van der Waals surface area contributed by atoms with Gasteiger partial charge in [0.15, 0.2) is 0 Å². The summed E-state index contributed by atoms with van der Waals surface area (Å²) in [6.45, 7) is 2.70. The fourth-order valence-corrected chi connectivity index (χ4v) is 3.87. The maximum atomic E-state index is 4.80. The van der Waals surface area contributed by atoms with Gasteiger partial charge in [-0.25, -0.2) is 4.98 Å². The molecule has 1 saturated carbocycles. The average Bonchev–Trinajstić information content (AvgIpc) is 3.23. The van der Waals surface area contributed by atoms with Crippen LogP contribution >= 0.6 is 0 Å². The van der Waals surface area contributed by atoms with Crippen molar-refractivity contribution in [3.63, 3.8) is 0 Å². The quantitative estimate of drug-likeness (QED) is 0.661. The van der Waals surface area contributed by atoms with Gasteiger partial charge in [0.1, 0.15) is 5.82 Å². The Kier molecular flexibility index (Phi) is 3.81. The Bertz CT molecular complexity index is 778. The molecule has 7 heteroatoms. The second kappa shape index (κ2) is 6.29. The van der Waals surface area contributed by atoms with E-state index in [-0.39, 0.29) is 0 Å². The van der Waals surface area contributed by atoms with Crippen molar-refractivity contribution in [1.82, 2.24) is 25.5 Å². The van der Waals surface area contributed by atoms with Gasteiger partial charge in [-0.1, -0.05) is 0 Å². The molecule has 2 aromatic rings. The van der Waals surface area contributed by atoms with Crippen LogP contribution in [0.3, 0.4) is 0 Å². The minimum Gasteiger partial charge on any atom is -0.364 e. The van der Waals surface area contributed by atoms with Crippen LogP contribution in [0.25, 0.3) is 0 Å². The van der Waals surface area contributed by atoms with Crippen LogP contribution in [0.4, 0.5) is 11.8 Å². The maximum absolute atomic E-state index is 4.80. The van der Waals surface area contributed by atoms with Crippen LogP contribution in [0.5, 0.6) is 0 Å². The van der Waals surface area contributed by atoms with E-state index in [0.717, 1.165) is 62.8 Å². The monoisotopic (exact) mass is 339 g/mol. The third-order valence-electron chi connectivity index (χ3n) is 5.41. The molecule has 132 valence electrons. The Labute approximate surface area is 147 Å². The van der Waals surface area contributed by atoms with E-state index in [0.29, 0.717) is 6.04 Å². The fraction of sp³-hybridized carbons (Fsp3) is 0.611. The molecule has 0 atom stereocenters. The highest BCUT2D eigenvalue weighted by molar-refractivity contribution is 5.52. The third-order valence-corrected chi connectivity index (χ3v) is 5.41. The lowest BCUT2D eigenvalue weighted by Crippen LogP contribution is -2.16. The van der Waals surface area contributed by atoms with E-state index in [9.17, 15) is 0 Å². The first-order valence-electron chi connectivity index (χ1n) is 9.53. The molecule has 2 aromatic heterocycles. The molecule has 4 N–H and O–H groups in total. The highest BCUT2D eigenvalue weighted by Gasteiger charge is 2.24. The number of fused-ring (bicyclic) bond motifs is 2. The number of hydrogen-bond donors (Lipinski definition) is 4. The molecule has 1 aliphatic heterocycles. The zero-order valence-corrected chi connectivity index (χ0v) is 14.5. The third kappa shape index (κ3) is 3.08. The molecule has 2 aliphatic carbocycles. The van der Waals surface area contributed by atoms with Crippen LogP contribution in [0.15, 0.2) is 0 Å². The number of rotatable bonds is 5. The van der Waals surface area contributed by atoms with E-state index in [1.54, 1.807) is 0 Å². The van der Waals surface area contributed by atoms with Gasteiger partial charge >= 0.3 is 0 Å². The fourth-order valence-electron chi connectivity index (χ4n) is 3.87. The number of H-pyrrole nitrogens is 1. The van der Waals surface area contributed by atoms with Crippen LogP contribution < -0.4 is 16.0 Å². The van der Waals surface area contributed by atoms with Crippen LogP contribution in [-0.2, 0) is 32.2 Å². The summed E-state index contributed by atoms with van der Waals surface area (Å²) in [5.74, 6) is 1.75. The highest BCUT2D eigenvalue weighted by Crippen LogP contribution is 2.28. The van der Waals surface area contributed by atoms with E-state index in [1.807, 2.05) is 0 Å². The van der Waals surface area contributed by atoms with Crippen LogP contribution in [0.2, 0.25) is 0 Å². The normalized spacial score (nSPS) is 19.2. The van der Waals surface area contributed by atoms with Gasteiger partial charge in [-0.05, 0) is 50.6 Å². The predicted molar refractivity (Wildman–Crippen MR) is 96.9 cm³/mol. The van der Waals surface area contributed by atoms with Crippen molar-refractivity contribution >= 4 is 11.8 Å². The van der Waals surface area contributed by atoms with Crippen LogP contribution in [-0.4, -0.2) is 39.3 Å². The molecule has 0 spiro atoms. The van der Waals surface area contributed by atoms with Crippen molar-refractivity contribution in [2.75, 3.05) is 23.7 Å². The van der Waals surface area contributed by atoms with Crippen molar-refractivity contribution in [1.29, 1.82) is 0 Å². The van der Waals surface area contributed by atoms with Gasteiger partial charge in [-0.2, -0.15) is 10.1 Å². The van der Waals surface area contributed by atoms with E-state index in [4.69, 9.17) is 9.97 Å². The lowest BCUT2D eigenvalue weighted by Gasteiger charge is -2.15. The molecule has 0 saturated heterocycles. The van der Waals surface area contributed by atoms with Crippen LogP contribution in [0.1, 0.15) is 47.5 Å². The van der Waals surface area contributed by atoms with Crippen molar-refractivity contribution in [2.24, 2.45) is 0 Å². The Hall–Kier alpha value is -2.15. The number of hydrogen-bond acceptors (Lipinski definition) is 6. The summed E-state index contributed by atoms with van der Waals surface area (Å²) in [5.41, 5.74) is 6.31. The number of aryl methyl sites for hydroxylation is 1. The topological polar surface area (TPSA) is 90.5 Å². The minimum absolute atomic E-state index is 0.560. The number of aromatic amines is 1. The van der Waals surface area contributed by atoms with Gasteiger partial charge < -0.3 is 16.0 Å². The van der Waals surface area contributed by atoms with Gasteiger partial charge in [-0.15, -0.1) is 0 Å². The van der Waals surface area contributed by atoms with Gasteiger partial charge in [0.05, 0.1) is 17.9 Å². The van der Waals surface area contributed by atoms with Crippen molar-refractivity contribution in [2.45, 2.75) is 57.5 Å². The number of aromatic nitrogens is 4. The molecule has 5 rings (SSSR count). The lowest BCUT2D eigenvalue weighted by molar-refractivity contribution is 0.708. The number of nitrogens with one attached hydrogen (secondary N) is 4. The molecular weight excluding hydrogens is 314 g/mol. The molecule has 0 amide bonds. The predicted octanol–water partition coefficient (Wildman–Crippen LogP) is 1.56. The number of anilines is 2. The summed E-state index contributed by atoms with van der Waals surface area (Å²) in [5, 5.41) is 18.2. The summed E-state index contributed by atoms with van der Waals surface area (Å²) >= 11 is 0. The van der Waals surface area contributed by atoms with Crippen molar-refractivity contribution < 1.29 is 0 Å². The first-order chi connectivity index (χ1) is 12.4.